The summed E-state index contributed by atoms with van der Waals surface area (Å²) in [4.78, 5) is 6.55. The van der Waals surface area contributed by atoms with Crippen LogP contribution in [0.25, 0.3) is 0 Å². The van der Waals surface area contributed by atoms with Crippen molar-refractivity contribution in [3.8, 4) is 0 Å². The van der Waals surface area contributed by atoms with Crippen molar-refractivity contribution < 1.29 is 0 Å². The highest BCUT2D eigenvalue weighted by atomic mass is 15.1. The highest BCUT2D eigenvalue weighted by molar-refractivity contribution is 5.66. The van der Waals surface area contributed by atoms with Gasteiger partial charge in [0.2, 0.25) is 0 Å². The van der Waals surface area contributed by atoms with Crippen LogP contribution in [-0.4, -0.2) is 18.6 Å². The summed E-state index contributed by atoms with van der Waals surface area (Å²) >= 11 is 0. The lowest BCUT2D eigenvalue weighted by Gasteiger charge is -2.26. The number of nitrogens with zero attached hydrogens (tertiary/aromatic N) is 2. The molecular formula is C16H21N3. The molecule has 0 bridgehead atoms. The number of anilines is 2. The van der Waals surface area contributed by atoms with Crippen LogP contribution >= 0.6 is 0 Å². The molecule has 0 saturated carbocycles. The highest BCUT2D eigenvalue weighted by Gasteiger charge is 2.11. The van der Waals surface area contributed by atoms with E-state index in [2.05, 4.69) is 59.4 Å². The van der Waals surface area contributed by atoms with E-state index in [0.29, 0.717) is 0 Å². The van der Waals surface area contributed by atoms with Crippen molar-refractivity contribution in [1.29, 1.82) is 0 Å². The first-order valence-corrected chi connectivity index (χ1v) is 6.68. The Morgan fingerprint density at radius 3 is 2.79 bits per heavy atom. The van der Waals surface area contributed by atoms with Crippen molar-refractivity contribution in [2.75, 3.05) is 18.5 Å². The maximum absolute atomic E-state index is 4.23. The van der Waals surface area contributed by atoms with Gasteiger partial charge in [0.25, 0.3) is 0 Å². The molecule has 0 spiro atoms. The number of hydrogen-bond acceptors (Lipinski definition) is 3. The largest absolute Gasteiger partial charge is 0.341 e. The molecule has 1 heterocycles. The molecule has 0 radical (unpaired) electrons. The molecule has 3 heteroatoms. The zero-order chi connectivity index (χ0) is 13.7. The third-order valence-electron chi connectivity index (χ3n) is 3.17. The van der Waals surface area contributed by atoms with Crippen molar-refractivity contribution in [1.82, 2.24) is 10.3 Å². The van der Waals surface area contributed by atoms with Crippen molar-refractivity contribution in [2.45, 2.75) is 20.4 Å². The minimum absolute atomic E-state index is 0.825. The molecule has 0 fully saturated rings. The first-order chi connectivity index (χ1) is 9.26. The maximum Gasteiger partial charge on any atom is 0.0487 e. The summed E-state index contributed by atoms with van der Waals surface area (Å²) in [7, 11) is 1.96. The number of hydrogen-bond donors (Lipinski definition) is 1. The van der Waals surface area contributed by atoms with Gasteiger partial charge in [-0.05, 0) is 44.7 Å². The molecule has 2 rings (SSSR count). The number of benzene rings is 1. The molecule has 1 N–H and O–H groups in total. The third kappa shape index (κ3) is 3.12. The summed E-state index contributed by atoms with van der Waals surface area (Å²) in [6.07, 6.45) is 3.79. The molecule has 1 aromatic carbocycles. The summed E-state index contributed by atoms with van der Waals surface area (Å²) in [5, 5.41) is 3.20. The molecular weight excluding hydrogens is 234 g/mol. The van der Waals surface area contributed by atoms with E-state index >= 15 is 0 Å². The van der Waals surface area contributed by atoms with Crippen LogP contribution in [0.5, 0.6) is 0 Å². The van der Waals surface area contributed by atoms with E-state index in [1.165, 1.54) is 22.5 Å². The zero-order valence-electron chi connectivity index (χ0n) is 11.9. The van der Waals surface area contributed by atoms with Crippen molar-refractivity contribution in [3.05, 3.63) is 53.9 Å². The molecule has 2 aromatic rings. The van der Waals surface area contributed by atoms with E-state index in [9.17, 15) is 0 Å². The lowest BCUT2D eigenvalue weighted by Crippen LogP contribution is -2.19. The van der Waals surface area contributed by atoms with Crippen molar-refractivity contribution in [2.24, 2.45) is 0 Å². The van der Waals surface area contributed by atoms with E-state index < -0.39 is 0 Å². The first-order valence-electron chi connectivity index (χ1n) is 6.68. The summed E-state index contributed by atoms with van der Waals surface area (Å²) in [5.41, 5.74) is 4.94. The smallest absolute Gasteiger partial charge is 0.0487 e. The minimum atomic E-state index is 0.825. The lowest BCUT2D eigenvalue weighted by atomic mass is 10.1. The Hall–Kier alpha value is -1.87. The summed E-state index contributed by atoms with van der Waals surface area (Å²) < 4.78 is 0. The standard InChI is InChI=1S/C16H21N3/c1-4-19(15-7-5-6-13(2)10-15)16-8-9-18-12-14(16)11-17-3/h5-10,12,17H,4,11H2,1-3H3. The predicted molar refractivity (Wildman–Crippen MR) is 80.9 cm³/mol. The summed E-state index contributed by atoms with van der Waals surface area (Å²) in [6, 6.07) is 10.7. The fourth-order valence-corrected chi connectivity index (χ4v) is 2.30. The first kappa shape index (κ1) is 13.6. The van der Waals surface area contributed by atoms with Crippen LogP contribution in [0.15, 0.2) is 42.7 Å². The van der Waals surface area contributed by atoms with E-state index in [0.717, 1.165) is 13.1 Å². The SMILES string of the molecule is CCN(c1cccc(C)c1)c1ccncc1CNC. The fraction of sp³-hybridized carbons (Fsp3) is 0.312. The average Bonchev–Trinajstić information content (AvgIpc) is 2.42. The molecule has 0 saturated heterocycles. The van der Waals surface area contributed by atoms with Gasteiger partial charge in [-0.25, -0.2) is 0 Å². The van der Waals surface area contributed by atoms with Gasteiger partial charge in [-0.2, -0.15) is 0 Å². The Balaban J connectivity index is 2.42. The average molecular weight is 255 g/mol. The number of pyridine rings is 1. The van der Waals surface area contributed by atoms with Gasteiger partial charge in [-0.3, -0.25) is 4.98 Å². The van der Waals surface area contributed by atoms with E-state index in [4.69, 9.17) is 0 Å². The lowest BCUT2D eigenvalue weighted by molar-refractivity contribution is 0.808. The van der Waals surface area contributed by atoms with Gasteiger partial charge in [0.15, 0.2) is 0 Å². The van der Waals surface area contributed by atoms with Gasteiger partial charge >= 0.3 is 0 Å². The molecule has 0 aliphatic carbocycles. The number of aryl methyl sites for hydroxylation is 1. The molecule has 3 nitrogen and oxygen atoms in total. The molecule has 1 aromatic heterocycles. The van der Waals surface area contributed by atoms with Crippen LogP contribution in [0.2, 0.25) is 0 Å². The normalized spacial score (nSPS) is 10.5. The van der Waals surface area contributed by atoms with Crippen molar-refractivity contribution in [3.63, 3.8) is 0 Å². The van der Waals surface area contributed by atoms with Gasteiger partial charge in [0, 0.05) is 42.4 Å². The molecule has 19 heavy (non-hydrogen) atoms. The zero-order valence-corrected chi connectivity index (χ0v) is 11.9. The van der Waals surface area contributed by atoms with Crippen LogP contribution < -0.4 is 10.2 Å². The Labute approximate surface area is 115 Å². The topological polar surface area (TPSA) is 28.2 Å². The molecule has 0 unspecified atom stereocenters. The van der Waals surface area contributed by atoms with Gasteiger partial charge in [-0.15, -0.1) is 0 Å². The number of rotatable bonds is 5. The van der Waals surface area contributed by atoms with Gasteiger partial charge < -0.3 is 10.2 Å². The number of nitrogens with one attached hydrogen (secondary N) is 1. The second kappa shape index (κ2) is 6.34. The third-order valence-corrected chi connectivity index (χ3v) is 3.17. The maximum atomic E-state index is 4.23. The van der Waals surface area contributed by atoms with E-state index in [1.54, 1.807) is 0 Å². The van der Waals surface area contributed by atoms with Crippen LogP contribution in [0.1, 0.15) is 18.1 Å². The molecule has 0 aliphatic heterocycles. The Bertz CT molecular complexity index is 537. The molecule has 0 aliphatic rings. The van der Waals surface area contributed by atoms with Gasteiger partial charge in [0.1, 0.15) is 0 Å². The van der Waals surface area contributed by atoms with Crippen LogP contribution in [0.4, 0.5) is 11.4 Å². The molecule has 100 valence electrons. The quantitative estimate of drug-likeness (QED) is 0.888. The van der Waals surface area contributed by atoms with Crippen LogP contribution in [-0.2, 0) is 6.54 Å². The monoisotopic (exact) mass is 255 g/mol. The summed E-state index contributed by atoms with van der Waals surface area (Å²) in [6.45, 7) is 6.06. The Morgan fingerprint density at radius 1 is 1.26 bits per heavy atom. The van der Waals surface area contributed by atoms with Crippen LogP contribution in [0.3, 0.4) is 0 Å². The predicted octanol–water partition coefficient (Wildman–Crippen LogP) is 3.27. The van der Waals surface area contributed by atoms with E-state index in [1.807, 2.05) is 19.4 Å². The number of aromatic nitrogens is 1. The van der Waals surface area contributed by atoms with Crippen LogP contribution in [0, 0.1) is 6.92 Å². The Morgan fingerprint density at radius 2 is 2.11 bits per heavy atom. The van der Waals surface area contributed by atoms with Crippen molar-refractivity contribution >= 4 is 11.4 Å². The Kier molecular flexibility index (Phi) is 4.53. The van der Waals surface area contributed by atoms with Gasteiger partial charge in [-0.1, -0.05) is 12.1 Å². The summed E-state index contributed by atoms with van der Waals surface area (Å²) in [5.74, 6) is 0. The fourth-order valence-electron chi connectivity index (χ4n) is 2.30. The second-order valence-electron chi connectivity index (χ2n) is 4.62. The molecule has 0 atom stereocenters. The highest BCUT2D eigenvalue weighted by Crippen LogP contribution is 2.28. The molecule has 0 amide bonds. The minimum Gasteiger partial charge on any atom is -0.341 e. The van der Waals surface area contributed by atoms with Gasteiger partial charge in [0.05, 0.1) is 0 Å². The van der Waals surface area contributed by atoms with E-state index in [-0.39, 0.29) is 0 Å². The second-order valence-corrected chi connectivity index (χ2v) is 4.62.